The molecular formula is C15H28BrN3. The van der Waals surface area contributed by atoms with Gasteiger partial charge in [-0.15, -0.1) is 0 Å². The van der Waals surface area contributed by atoms with Crippen LogP contribution in [0.1, 0.15) is 33.6 Å². The van der Waals surface area contributed by atoms with Gasteiger partial charge in [0.2, 0.25) is 0 Å². The monoisotopic (exact) mass is 329 g/mol. The number of allylic oxidation sites excluding steroid dienone is 5. The lowest BCUT2D eigenvalue weighted by Gasteiger charge is -2.29. The average molecular weight is 330 g/mol. The quantitative estimate of drug-likeness (QED) is 0.345. The van der Waals surface area contributed by atoms with Crippen LogP contribution in [0.5, 0.6) is 0 Å². The molecule has 0 fully saturated rings. The van der Waals surface area contributed by atoms with Crippen molar-refractivity contribution in [3.05, 3.63) is 34.4 Å². The van der Waals surface area contributed by atoms with Crippen LogP contribution in [0.15, 0.2) is 34.4 Å². The number of rotatable bonds is 9. The molecule has 0 aliphatic carbocycles. The summed E-state index contributed by atoms with van der Waals surface area (Å²) >= 11 is 3.33. The predicted octanol–water partition coefficient (Wildman–Crippen LogP) is 3.26. The van der Waals surface area contributed by atoms with Gasteiger partial charge in [-0.3, -0.25) is 11.3 Å². The van der Waals surface area contributed by atoms with Crippen LogP contribution in [0.25, 0.3) is 0 Å². The standard InChI is InChI=1S/C15H28BrN3/c1-12(6-7-14(3)16)13(2)8-9-15(4,10-18-5)11-19-17/h6-7,18-19H,3,8-11,17H2,1-2,4-5H3/b7-6-,13-12+. The first kappa shape index (κ1) is 18.6. The first-order chi connectivity index (χ1) is 8.84. The second kappa shape index (κ2) is 9.48. The number of hydrazine groups is 1. The molecule has 0 saturated heterocycles. The number of hydrogen-bond donors (Lipinski definition) is 3. The zero-order chi connectivity index (χ0) is 14.9. The molecule has 4 heteroatoms. The third-order valence-electron chi connectivity index (χ3n) is 3.42. The fourth-order valence-corrected chi connectivity index (χ4v) is 2.09. The third kappa shape index (κ3) is 8.37. The summed E-state index contributed by atoms with van der Waals surface area (Å²) in [4.78, 5) is 0. The molecule has 0 aromatic heterocycles. The van der Waals surface area contributed by atoms with E-state index in [-0.39, 0.29) is 5.41 Å². The van der Waals surface area contributed by atoms with Crippen molar-refractivity contribution in [3.63, 3.8) is 0 Å². The van der Waals surface area contributed by atoms with Crippen molar-refractivity contribution in [3.8, 4) is 0 Å². The Kier molecular flexibility index (Phi) is 9.27. The summed E-state index contributed by atoms with van der Waals surface area (Å²) in [7, 11) is 1.98. The van der Waals surface area contributed by atoms with Crippen LogP contribution in [0.4, 0.5) is 0 Å². The minimum Gasteiger partial charge on any atom is -0.319 e. The molecule has 1 atom stereocenters. The Morgan fingerprint density at radius 3 is 2.42 bits per heavy atom. The van der Waals surface area contributed by atoms with Gasteiger partial charge < -0.3 is 5.32 Å². The van der Waals surface area contributed by atoms with Crippen molar-refractivity contribution in [2.24, 2.45) is 11.3 Å². The molecule has 0 aromatic carbocycles. The summed E-state index contributed by atoms with van der Waals surface area (Å²) in [5, 5.41) is 3.24. The Morgan fingerprint density at radius 1 is 1.32 bits per heavy atom. The van der Waals surface area contributed by atoms with E-state index < -0.39 is 0 Å². The Morgan fingerprint density at radius 2 is 1.95 bits per heavy atom. The molecule has 0 amide bonds. The highest BCUT2D eigenvalue weighted by molar-refractivity contribution is 9.11. The summed E-state index contributed by atoms with van der Waals surface area (Å²) in [6.07, 6.45) is 6.26. The lowest BCUT2D eigenvalue weighted by Crippen LogP contribution is -2.41. The molecule has 0 saturated carbocycles. The Bertz CT molecular complexity index is 339. The molecule has 0 radical (unpaired) electrons. The zero-order valence-electron chi connectivity index (χ0n) is 12.6. The van der Waals surface area contributed by atoms with Crippen molar-refractivity contribution in [2.75, 3.05) is 20.1 Å². The SMILES string of the molecule is C=C(Br)/C=C\C(C)=C(/C)CCC(C)(CNC)CNN. The first-order valence-corrected chi connectivity index (χ1v) is 7.41. The maximum absolute atomic E-state index is 5.48. The van der Waals surface area contributed by atoms with E-state index >= 15 is 0 Å². The highest BCUT2D eigenvalue weighted by Crippen LogP contribution is 2.25. The van der Waals surface area contributed by atoms with Gasteiger partial charge in [-0.1, -0.05) is 46.7 Å². The van der Waals surface area contributed by atoms with Gasteiger partial charge in [0.25, 0.3) is 0 Å². The molecule has 19 heavy (non-hydrogen) atoms. The predicted molar refractivity (Wildman–Crippen MR) is 89.0 cm³/mol. The van der Waals surface area contributed by atoms with E-state index in [4.69, 9.17) is 5.84 Å². The second-order valence-electron chi connectivity index (χ2n) is 5.47. The number of nitrogens with two attached hydrogens (primary N) is 1. The van der Waals surface area contributed by atoms with Gasteiger partial charge in [-0.25, -0.2) is 0 Å². The van der Waals surface area contributed by atoms with E-state index in [1.165, 1.54) is 11.1 Å². The Hall–Kier alpha value is -0.420. The van der Waals surface area contributed by atoms with Crippen molar-refractivity contribution >= 4 is 15.9 Å². The fraction of sp³-hybridized carbons (Fsp3) is 0.600. The van der Waals surface area contributed by atoms with Crippen LogP contribution >= 0.6 is 15.9 Å². The van der Waals surface area contributed by atoms with Gasteiger partial charge in [-0.2, -0.15) is 0 Å². The number of hydrogen-bond acceptors (Lipinski definition) is 3. The zero-order valence-corrected chi connectivity index (χ0v) is 14.2. The largest absolute Gasteiger partial charge is 0.319 e. The smallest absolute Gasteiger partial charge is 0.0164 e. The number of halogens is 1. The topological polar surface area (TPSA) is 50.1 Å². The van der Waals surface area contributed by atoms with Gasteiger partial charge in [-0.05, 0) is 45.2 Å². The van der Waals surface area contributed by atoms with Gasteiger partial charge in [0.1, 0.15) is 0 Å². The van der Waals surface area contributed by atoms with Crippen LogP contribution in [0, 0.1) is 5.41 Å². The Labute approximate surface area is 126 Å². The first-order valence-electron chi connectivity index (χ1n) is 6.61. The van der Waals surface area contributed by atoms with Gasteiger partial charge in [0.05, 0.1) is 0 Å². The molecule has 3 nitrogen and oxygen atoms in total. The third-order valence-corrected chi connectivity index (χ3v) is 3.69. The molecule has 1 unspecified atom stereocenters. The van der Waals surface area contributed by atoms with Crippen molar-refractivity contribution < 1.29 is 0 Å². The molecular weight excluding hydrogens is 302 g/mol. The lowest BCUT2D eigenvalue weighted by molar-refractivity contribution is 0.274. The minimum absolute atomic E-state index is 0.174. The van der Waals surface area contributed by atoms with Crippen LogP contribution in [0.2, 0.25) is 0 Å². The van der Waals surface area contributed by atoms with E-state index in [0.29, 0.717) is 0 Å². The molecule has 0 heterocycles. The summed E-state index contributed by atoms with van der Waals surface area (Å²) < 4.78 is 0.895. The highest BCUT2D eigenvalue weighted by atomic mass is 79.9. The molecule has 0 spiro atoms. The maximum atomic E-state index is 5.48. The summed E-state index contributed by atoms with van der Waals surface area (Å²) in [6, 6.07) is 0. The van der Waals surface area contributed by atoms with Gasteiger partial charge >= 0.3 is 0 Å². The van der Waals surface area contributed by atoms with Crippen LogP contribution in [-0.4, -0.2) is 20.1 Å². The van der Waals surface area contributed by atoms with E-state index in [1.807, 2.05) is 13.1 Å². The van der Waals surface area contributed by atoms with Crippen LogP contribution in [0.3, 0.4) is 0 Å². The molecule has 0 bridgehead atoms. The van der Waals surface area contributed by atoms with E-state index in [0.717, 1.165) is 30.4 Å². The van der Waals surface area contributed by atoms with Crippen LogP contribution < -0.4 is 16.6 Å². The highest BCUT2D eigenvalue weighted by Gasteiger charge is 2.22. The minimum atomic E-state index is 0.174. The fourth-order valence-electron chi connectivity index (χ4n) is 1.96. The Balaban J connectivity index is 4.58. The molecule has 0 aliphatic rings. The molecule has 0 aliphatic heterocycles. The van der Waals surface area contributed by atoms with E-state index in [1.54, 1.807) is 0 Å². The molecule has 110 valence electrons. The van der Waals surface area contributed by atoms with E-state index in [9.17, 15) is 0 Å². The average Bonchev–Trinajstić information content (AvgIpc) is 2.33. The maximum Gasteiger partial charge on any atom is 0.0164 e. The van der Waals surface area contributed by atoms with Crippen LogP contribution in [-0.2, 0) is 0 Å². The summed E-state index contributed by atoms with van der Waals surface area (Å²) in [6.45, 7) is 12.1. The number of nitrogens with one attached hydrogen (secondary N) is 2. The van der Waals surface area contributed by atoms with Gasteiger partial charge in [0, 0.05) is 17.6 Å². The molecule has 4 N–H and O–H groups in total. The second-order valence-corrected chi connectivity index (χ2v) is 6.48. The van der Waals surface area contributed by atoms with Crippen molar-refractivity contribution in [1.82, 2.24) is 10.7 Å². The molecule has 0 aromatic rings. The van der Waals surface area contributed by atoms with E-state index in [2.05, 4.69) is 60.1 Å². The van der Waals surface area contributed by atoms with Crippen molar-refractivity contribution in [2.45, 2.75) is 33.6 Å². The normalized spacial score (nSPS) is 16.3. The van der Waals surface area contributed by atoms with Crippen molar-refractivity contribution in [1.29, 1.82) is 0 Å². The van der Waals surface area contributed by atoms with Gasteiger partial charge in [0.15, 0.2) is 0 Å². The molecule has 0 rings (SSSR count). The summed E-state index contributed by atoms with van der Waals surface area (Å²) in [5.74, 6) is 5.48. The lowest BCUT2D eigenvalue weighted by atomic mass is 9.83. The summed E-state index contributed by atoms with van der Waals surface area (Å²) in [5.41, 5.74) is 5.68.